The van der Waals surface area contributed by atoms with Crippen LogP contribution in [0.3, 0.4) is 0 Å². The lowest BCUT2D eigenvalue weighted by molar-refractivity contribution is -0.386. The summed E-state index contributed by atoms with van der Waals surface area (Å²) in [6.45, 7) is 0.235. The van der Waals surface area contributed by atoms with Crippen LogP contribution in [0.1, 0.15) is 15.4 Å². The lowest BCUT2D eigenvalue weighted by Crippen LogP contribution is -2.09. The van der Waals surface area contributed by atoms with Crippen LogP contribution in [-0.4, -0.2) is 29.6 Å². The summed E-state index contributed by atoms with van der Waals surface area (Å²) in [5.74, 6) is -0.854. The third kappa shape index (κ3) is 3.76. The second-order valence-corrected chi connectivity index (χ2v) is 4.98. The van der Waals surface area contributed by atoms with Crippen molar-refractivity contribution in [3.63, 3.8) is 0 Å². The molecule has 0 spiro atoms. The van der Waals surface area contributed by atoms with Crippen molar-refractivity contribution in [1.29, 1.82) is 0 Å². The zero-order valence-corrected chi connectivity index (χ0v) is 12.0. The number of esters is 1. The average molecular weight is 308 g/mol. The van der Waals surface area contributed by atoms with E-state index in [1.54, 1.807) is 11.3 Å². The Hall–Kier alpha value is -2.48. The Morgan fingerprint density at radius 1 is 1.43 bits per heavy atom. The van der Waals surface area contributed by atoms with Gasteiger partial charge in [-0.2, -0.15) is 0 Å². The Labute approximate surface area is 124 Å². The molecule has 7 nitrogen and oxygen atoms in total. The lowest BCUT2D eigenvalue weighted by Gasteiger charge is -2.06. The SMILES string of the molecule is COC(=O)c1ccc([N+](=O)[O-])c(OCCc2cccs2)n1. The zero-order chi connectivity index (χ0) is 15.2. The van der Waals surface area contributed by atoms with E-state index in [0.29, 0.717) is 6.42 Å². The maximum Gasteiger partial charge on any atom is 0.356 e. The molecular weight excluding hydrogens is 296 g/mol. The molecule has 0 unspecified atom stereocenters. The number of nitrogens with zero attached hydrogens (tertiary/aromatic N) is 2. The Kier molecular flexibility index (Phi) is 4.83. The molecule has 0 fully saturated rings. The van der Waals surface area contributed by atoms with Crippen molar-refractivity contribution in [2.24, 2.45) is 0 Å². The quantitative estimate of drug-likeness (QED) is 0.462. The van der Waals surface area contributed by atoms with Crippen molar-refractivity contribution in [2.45, 2.75) is 6.42 Å². The highest BCUT2D eigenvalue weighted by Gasteiger charge is 2.20. The molecule has 2 aromatic heterocycles. The smallest absolute Gasteiger partial charge is 0.356 e. The van der Waals surface area contributed by atoms with Crippen LogP contribution in [0.2, 0.25) is 0 Å². The van der Waals surface area contributed by atoms with Crippen molar-refractivity contribution < 1.29 is 19.2 Å². The van der Waals surface area contributed by atoms with Crippen LogP contribution < -0.4 is 4.74 Å². The fourth-order valence-electron chi connectivity index (χ4n) is 1.60. The van der Waals surface area contributed by atoms with Gasteiger partial charge in [-0.15, -0.1) is 11.3 Å². The summed E-state index contributed by atoms with van der Waals surface area (Å²) in [6.07, 6.45) is 0.610. The average Bonchev–Trinajstić information content (AvgIpc) is 2.99. The molecule has 0 N–H and O–H groups in total. The molecule has 2 aromatic rings. The van der Waals surface area contributed by atoms with Crippen LogP contribution in [-0.2, 0) is 11.2 Å². The second-order valence-electron chi connectivity index (χ2n) is 3.95. The molecular formula is C13H12N2O5S. The molecule has 0 saturated heterocycles. The lowest BCUT2D eigenvalue weighted by atomic mass is 10.3. The molecule has 0 aromatic carbocycles. The summed E-state index contributed by atoms with van der Waals surface area (Å²) >= 11 is 1.57. The molecule has 0 radical (unpaired) electrons. The summed E-state index contributed by atoms with van der Waals surface area (Å²) in [5, 5.41) is 12.9. The van der Waals surface area contributed by atoms with Gasteiger partial charge < -0.3 is 9.47 Å². The first kappa shape index (κ1) is 14.9. The van der Waals surface area contributed by atoms with Crippen LogP contribution in [0.5, 0.6) is 5.88 Å². The molecule has 0 atom stereocenters. The molecule has 0 aliphatic rings. The van der Waals surface area contributed by atoms with E-state index in [-0.39, 0.29) is 23.9 Å². The van der Waals surface area contributed by atoms with Gasteiger partial charge in [0.1, 0.15) is 0 Å². The van der Waals surface area contributed by atoms with Gasteiger partial charge in [0.05, 0.1) is 18.6 Å². The topological polar surface area (TPSA) is 91.6 Å². The van der Waals surface area contributed by atoms with E-state index >= 15 is 0 Å². The molecule has 0 saturated carbocycles. The number of hydrogen-bond acceptors (Lipinski definition) is 7. The van der Waals surface area contributed by atoms with Gasteiger partial charge in [-0.05, 0) is 17.5 Å². The number of aromatic nitrogens is 1. The maximum atomic E-state index is 11.4. The van der Waals surface area contributed by atoms with E-state index in [4.69, 9.17) is 4.74 Å². The standard InChI is InChI=1S/C13H12N2O5S/c1-19-13(16)10-4-5-11(15(17)18)12(14-10)20-7-6-9-3-2-8-21-9/h2-5,8H,6-7H2,1H3. The van der Waals surface area contributed by atoms with Crippen molar-refractivity contribution >= 4 is 23.0 Å². The Morgan fingerprint density at radius 2 is 2.24 bits per heavy atom. The number of carbonyl (C=O) groups excluding carboxylic acids is 1. The highest BCUT2D eigenvalue weighted by molar-refractivity contribution is 7.09. The number of thiophene rings is 1. The molecule has 0 amide bonds. The molecule has 2 rings (SSSR count). The molecule has 8 heteroatoms. The van der Waals surface area contributed by atoms with Gasteiger partial charge in [-0.25, -0.2) is 9.78 Å². The normalized spacial score (nSPS) is 10.1. The monoisotopic (exact) mass is 308 g/mol. The van der Waals surface area contributed by atoms with Crippen LogP contribution >= 0.6 is 11.3 Å². The van der Waals surface area contributed by atoms with E-state index in [0.717, 1.165) is 4.88 Å². The first-order chi connectivity index (χ1) is 10.1. The van der Waals surface area contributed by atoms with Crippen LogP contribution in [0.25, 0.3) is 0 Å². The number of ether oxygens (including phenoxy) is 2. The van der Waals surface area contributed by atoms with Gasteiger partial charge >= 0.3 is 11.7 Å². The van der Waals surface area contributed by atoms with Crippen molar-refractivity contribution in [2.75, 3.05) is 13.7 Å². The second kappa shape index (κ2) is 6.80. The number of nitro groups is 1. The van der Waals surface area contributed by atoms with E-state index in [9.17, 15) is 14.9 Å². The van der Waals surface area contributed by atoms with E-state index < -0.39 is 10.9 Å². The number of methoxy groups -OCH3 is 1. The summed E-state index contributed by atoms with van der Waals surface area (Å²) < 4.78 is 9.88. The molecule has 0 aliphatic carbocycles. The van der Waals surface area contributed by atoms with E-state index in [2.05, 4.69) is 9.72 Å². The molecule has 0 bridgehead atoms. The Morgan fingerprint density at radius 3 is 2.86 bits per heavy atom. The fraction of sp³-hybridized carbons (Fsp3) is 0.231. The van der Waals surface area contributed by atoms with Crippen molar-refractivity contribution in [3.05, 3.63) is 50.3 Å². The van der Waals surface area contributed by atoms with Crippen LogP contribution in [0, 0.1) is 10.1 Å². The third-order valence-electron chi connectivity index (χ3n) is 2.60. The summed E-state index contributed by atoms with van der Waals surface area (Å²) in [7, 11) is 1.21. The molecule has 110 valence electrons. The van der Waals surface area contributed by atoms with Gasteiger partial charge in [-0.3, -0.25) is 10.1 Å². The first-order valence-corrected chi connectivity index (χ1v) is 6.88. The van der Waals surface area contributed by atoms with Crippen molar-refractivity contribution in [3.8, 4) is 5.88 Å². The summed E-state index contributed by atoms with van der Waals surface area (Å²) in [6, 6.07) is 6.27. The van der Waals surface area contributed by atoms with Gasteiger partial charge in [0.2, 0.25) is 0 Å². The zero-order valence-electron chi connectivity index (χ0n) is 11.1. The van der Waals surface area contributed by atoms with E-state index in [1.165, 1.54) is 19.2 Å². The Balaban J connectivity index is 2.14. The molecule has 21 heavy (non-hydrogen) atoms. The molecule has 2 heterocycles. The fourth-order valence-corrected chi connectivity index (χ4v) is 2.29. The van der Waals surface area contributed by atoms with Crippen LogP contribution in [0.4, 0.5) is 5.69 Å². The minimum absolute atomic E-state index is 0.0331. The van der Waals surface area contributed by atoms with Gasteiger partial charge in [0.25, 0.3) is 5.88 Å². The predicted molar refractivity (Wildman–Crippen MR) is 75.7 cm³/mol. The highest BCUT2D eigenvalue weighted by atomic mass is 32.1. The first-order valence-electron chi connectivity index (χ1n) is 6.00. The molecule has 0 aliphatic heterocycles. The van der Waals surface area contributed by atoms with Gasteiger partial charge in [0, 0.05) is 17.4 Å². The predicted octanol–water partition coefficient (Wildman–Crippen LogP) is 2.46. The van der Waals surface area contributed by atoms with Gasteiger partial charge in [0.15, 0.2) is 5.69 Å². The largest absolute Gasteiger partial charge is 0.472 e. The summed E-state index contributed by atoms with van der Waals surface area (Å²) in [4.78, 5) is 26.7. The summed E-state index contributed by atoms with van der Waals surface area (Å²) in [5.41, 5.74) is -0.317. The number of carbonyl (C=O) groups is 1. The minimum atomic E-state index is -0.673. The van der Waals surface area contributed by atoms with E-state index in [1.807, 2.05) is 17.5 Å². The third-order valence-corrected chi connectivity index (χ3v) is 3.53. The number of hydrogen-bond donors (Lipinski definition) is 0. The minimum Gasteiger partial charge on any atom is -0.472 e. The van der Waals surface area contributed by atoms with Gasteiger partial charge in [-0.1, -0.05) is 6.07 Å². The van der Waals surface area contributed by atoms with Crippen LogP contribution in [0.15, 0.2) is 29.6 Å². The number of rotatable bonds is 6. The van der Waals surface area contributed by atoms with Crippen molar-refractivity contribution in [1.82, 2.24) is 4.98 Å². The Bertz CT molecular complexity index is 642. The maximum absolute atomic E-state index is 11.4. The highest BCUT2D eigenvalue weighted by Crippen LogP contribution is 2.25. The number of pyridine rings is 1.